The van der Waals surface area contributed by atoms with E-state index in [1.54, 1.807) is 0 Å². The fraction of sp³-hybridized carbons (Fsp3) is 1.00. The van der Waals surface area contributed by atoms with Crippen LogP contribution in [0.25, 0.3) is 0 Å². The van der Waals surface area contributed by atoms with Crippen molar-refractivity contribution in [1.82, 2.24) is 0 Å². The van der Waals surface area contributed by atoms with Crippen molar-refractivity contribution in [2.45, 2.75) is 20.0 Å². The summed E-state index contributed by atoms with van der Waals surface area (Å²) in [5.41, 5.74) is 0. The topological polar surface area (TPSA) is 26.3 Å². The Bertz CT molecular complexity index is 44.1. The predicted molar refractivity (Wildman–Crippen MR) is 25.2 cm³/mol. The normalized spacial score (nSPS) is 10.5. The highest BCUT2D eigenvalue weighted by atomic mass is 31.1. The van der Waals surface area contributed by atoms with Gasteiger partial charge in [0.15, 0.2) is 8.69 Å². The Morgan fingerprint density at radius 1 is 1.67 bits per heavy atom. The molecule has 1 atom stereocenters. The summed E-state index contributed by atoms with van der Waals surface area (Å²) >= 11 is 0. The molecule has 0 saturated heterocycles. The highest BCUT2D eigenvalue weighted by Gasteiger charge is 1.84. The standard InChI is InChI=1S/C3H8O2P/c1-3(2)5-6-4/h3,6H,1-2H3. The Morgan fingerprint density at radius 2 is 2.17 bits per heavy atom. The lowest BCUT2D eigenvalue weighted by Gasteiger charge is -1.92. The van der Waals surface area contributed by atoms with Crippen LogP contribution in [0.3, 0.4) is 0 Å². The lowest BCUT2D eigenvalue weighted by atomic mass is 10.5. The molecule has 37 valence electrons. The molecule has 2 nitrogen and oxygen atoms in total. The summed E-state index contributed by atoms with van der Waals surface area (Å²) in [5, 5.41) is 0. The van der Waals surface area contributed by atoms with Gasteiger partial charge in [0, 0.05) is 0 Å². The van der Waals surface area contributed by atoms with E-state index in [1.165, 1.54) is 0 Å². The molecule has 0 N–H and O–H groups in total. The van der Waals surface area contributed by atoms with Gasteiger partial charge in [-0.05, 0) is 13.8 Å². The van der Waals surface area contributed by atoms with Gasteiger partial charge in [0.1, 0.15) is 0 Å². The van der Waals surface area contributed by atoms with E-state index in [1.807, 2.05) is 13.8 Å². The monoisotopic (exact) mass is 107 g/mol. The third-order valence-corrected chi connectivity index (χ3v) is 0.851. The average molecular weight is 107 g/mol. The smallest absolute Gasteiger partial charge is 0.198 e. The first-order valence-corrected chi connectivity index (χ1v) is 2.62. The van der Waals surface area contributed by atoms with Crippen LogP contribution in [-0.4, -0.2) is 6.10 Å². The van der Waals surface area contributed by atoms with Crippen LogP contribution in [0.4, 0.5) is 0 Å². The molecule has 3 heteroatoms. The maximum atomic E-state index is 9.55. The van der Waals surface area contributed by atoms with Gasteiger partial charge in [-0.3, -0.25) is 4.57 Å². The highest BCUT2D eigenvalue weighted by molar-refractivity contribution is 7.17. The van der Waals surface area contributed by atoms with E-state index in [-0.39, 0.29) is 6.10 Å². The Labute approximate surface area is 38.8 Å². The van der Waals surface area contributed by atoms with Crippen molar-refractivity contribution in [3.63, 3.8) is 0 Å². The highest BCUT2D eigenvalue weighted by Crippen LogP contribution is 1.98. The van der Waals surface area contributed by atoms with Crippen molar-refractivity contribution >= 4 is 8.69 Å². The molecule has 0 amide bonds. The van der Waals surface area contributed by atoms with Gasteiger partial charge in [0.2, 0.25) is 0 Å². The van der Waals surface area contributed by atoms with Gasteiger partial charge in [0.25, 0.3) is 0 Å². The van der Waals surface area contributed by atoms with Crippen LogP contribution in [0.5, 0.6) is 0 Å². The van der Waals surface area contributed by atoms with Crippen LogP contribution in [0.2, 0.25) is 0 Å². The zero-order valence-electron chi connectivity index (χ0n) is 3.89. The molecule has 0 aliphatic carbocycles. The van der Waals surface area contributed by atoms with E-state index in [2.05, 4.69) is 4.52 Å². The molecule has 0 bridgehead atoms. The van der Waals surface area contributed by atoms with Gasteiger partial charge in [-0.2, -0.15) is 0 Å². The van der Waals surface area contributed by atoms with Crippen molar-refractivity contribution in [3.05, 3.63) is 0 Å². The first-order valence-electron chi connectivity index (χ1n) is 1.80. The molecule has 0 spiro atoms. The minimum atomic E-state index is -0.612. The third-order valence-electron chi connectivity index (χ3n) is 0.284. The zero-order valence-corrected chi connectivity index (χ0v) is 4.89. The molecule has 0 aromatic rings. The van der Waals surface area contributed by atoms with E-state index in [0.717, 1.165) is 0 Å². The lowest BCUT2D eigenvalue weighted by molar-refractivity contribution is 0.267. The SMILES string of the molecule is CC(C)O[PH]=O. The summed E-state index contributed by atoms with van der Waals surface area (Å²) in [7, 11) is -0.612. The minimum absolute atomic E-state index is 0.0980. The molecular formula is C3H8O2P. The number of hydrogen-bond donors (Lipinski definition) is 0. The van der Waals surface area contributed by atoms with Crippen molar-refractivity contribution in [1.29, 1.82) is 0 Å². The maximum absolute atomic E-state index is 9.55. The molecular weight excluding hydrogens is 99.0 g/mol. The van der Waals surface area contributed by atoms with Crippen LogP contribution >= 0.6 is 8.69 Å². The van der Waals surface area contributed by atoms with E-state index < -0.39 is 8.69 Å². The van der Waals surface area contributed by atoms with Crippen molar-refractivity contribution in [2.75, 3.05) is 0 Å². The van der Waals surface area contributed by atoms with Crippen LogP contribution in [0.1, 0.15) is 13.8 Å². The van der Waals surface area contributed by atoms with Crippen LogP contribution < -0.4 is 0 Å². The van der Waals surface area contributed by atoms with Gasteiger partial charge in [0.05, 0.1) is 6.10 Å². The van der Waals surface area contributed by atoms with Crippen molar-refractivity contribution in [2.24, 2.45) is 0 Å². The third kappa shape index (κ3) is 4.06. The van der Waals surface area contributed by atoms with E-state index in [9.17, 15) is 4.57 Å². The first kappa shape index (κ1) is 6.06. The molecule has 6 heavy (non-hydrogen) atoms. The summed E-state index contributed by atoms with van der Waals surface area (Å²) in [5.74, 6) is 0. The molecule has 1 unspecified atom stereocenters. The van der Waals surface area contributed by atoms with Gasteiger partial charge in [-0.25, -0.2) is 0 Å². The van der Waals surface area contributed by atoms with Crippen LogP contribution in [0, 0.1) is 0 Å². The second kappa shape index (κ2) is 3.26. The van der Waals surface area contributed by atoms with Gasteiger partial charge in [-0.1, -0.05) is 0 Å². The quantitative estimate of drug-likeness (QED) is 0.498. The minimum Gasteiger partial charge on any atom is -0.303 e. The second-order valence-electron chi connectivity index (χ2n) is 1.25. The fourth-order valence-corrected chi connectivity index (χ4v) is 0.289. The summed E-state index contributed by atoms with van der Waals surface area (Å²) in [6, 6.07) is 0. The molecule has 0 heterocycles. The number of rotatable bonds is 2. The molecule has 0 rings (SSSR count). The Hall–Kier alpha value is 0.0600. The van der Waals surface area contributed by atoms with Gasteiger partial charge in [-0.15, -0.1) is 0 Å². The summed E-state index contributed by atoms with van der Waals surface area (Å²) in [6.45, 7) is 3.68. The summed E-state index contributed by atoms with van der Waals surface area (Å²) in [6.07, 6.45) is 0.0980. The molecule has 0 aliphatic heterocycles. The van der Waals surface area contributed by atoms with Crippen molar-refractivity contribution < 1.29 is 9.09 Å². The maximum Gasteiger partial charge on any atom is 0.198 e. The summed E-state index contributed by atoms with van der Waals surface area (Å²) in [4.78, 5) is 0. The lowest BCUT2D eigenvalue weighted by Crippen LogP contribution is -1.89. The van der Waals surface area contributed by atoms with Gasteiger partial charge < -0.3 is 4.52 Å². The zero-order chi connectivity index (χ0) is 4.99. The molecule has 0 aromatic carbocycles. The molecule has 0 saturated carbocycles. The molecule has 1 radical (unpaired) electrons. The average Bonchev–Trinajstić information content (AvgIpc) is 1.35. The Balaban J connectivity index is 2.81. The van der Waals surface area contributed by atoms with Crippen LogP contribution in [-0.2, 0) is 9.09 Å². The molecule has 0 aliphatic rings. The first-order chi connectivity index (χ1) is 2.77. The fourth-order valence-electron chi connectivity index (χ4n) is 0.0962. The number of hydrogen-bond acceptors (Lipinski definition) is 2. The molecule has 0 fully saturated rings. The predicted octanol–water partition coefficient (Wildman–Crippen LogP) is 1.35. The summed E-state index contributed by atoms with van der Waals surface area (Å²) < 4.78 is 14.1. The molecule has 0 aromatic heterocycles. The van der Waals surface area contributed by atoms with Crippen molar-refractivity contribution in [3.8, 4) is 0 Å². The van der Waals surface area contributed by atoms with Crippen LogP contribution in [0.15, 0.2) is 0 Å². The Kier molecular flexibility index (Phi) is 3.29. The van der Waals surface area contributed by atoms with E-state index >= 15 is 0 Å². The second-order valence-corrected chi connectivity index (χ2v) is 1.65. The van der Waals surface area contributed by atoms with Gasteiger partial charge >= 0.3 is 0 Å². The Morgan fingerprint density at radius 3 is 2.17 bits per heavy atom. The largest absolute Gasteiger partial charge is 0.303 e. The van der Waals surface area contributed by atoms with E-state index in [0.29, 0.717) is 0 Å². The van der Waals surface area contributed by atoms with E-state index in [4.69, 9.17) is 0 Å².